The van der Waals surface area contributed by atoms with E-state index in [1.807, 2.05) is 80.6 Å². The Hall–Kier alpha value is -4.19. The van der Waals surface area contributed by atoms with Crippen LogP contribution in [0.15, 0.2) is 91.1 Å². The number of para-hydroxylation sites is 2. The Labute approximate surface area is 191 Å². The molecule has 5 rings (SSSR count). The molecule has 0 unspecified atom stereocenters. The summed E-state index contributed by atoms with van der Waals surface area (Å²) in [6.45, 7) is 3.76. The van der Waals surface area contributed by atoms with Crippen molar-refractivity contribution < 1.29 is 14.3 Å². The Bertz CT molecular complexity index is 1350. The Kier molecular flexibility index (Phi) is 5.05. The maximum absolute atomic E-state index is 13.4. The number of benzene rings is 3. The summed E-state index contributed by atoms with van der Waals surface area (Å²) < 4.78 is 5.74. The number of nitrogens with one attached hydrogen (secondary N) is 1. The van der Waals surface area contributed by atoms with Crippen molar-refractivity contribution in [2.45, 2.75) is 25.5 Å². The number of anilines is 2. The Morgan fingerprint density at radius 2 is 1.67 bits per heavy atom. The van der Waals surface area contributed by atoms with Gasteiger partial charge in [-0.25, -0.2) is 4.79 Å². The van der Waals surface area contributed by atoms with Gasteiger partial charge in [-0.2, -0.15) is 0 Å². The summed E-state index contributed by atoms with van der Waals surface area (Å²) in [6, 6.07) is 25.8. The van der Waals surface area contributed by atoms with E-state index >= 15 is 0 Å². The van der Waals surface area contributed by atoms with Crippen molar-refractivity contribution >= 4 is 34.3 Å². The highest BCUT2D eigenvalue weighted by atomic mass is 16.6. The van der Waals surface area contributed by atoms with Gasteiger partial charge in [-0.05, 0) is 43.7 Å². The molecule has 2 amide bonds. The van der Waals surface area contributed by atoms with Gasteiger partial charge >= 0.3 is 6.09 Å². The second kappa shape index (κ2) is 8.06. The van der Waals surface area contributed by atoms with Crippen LogP contribution in [0, 0.1) is 0 Å². The third-order valence-corrected chi connectivity index (χ3v) is 5.87. The first-order valence-corrected chi connectivity index (χ1v) is 10.8. The lowest BCUT2D eigenvalue weighted by Gasteiger charge is -2.30. The van der Waals surface area contributed by atoms with E-state index in [0.717, 1.165) is 10.9 Å². The van der Waals surface area contributed by atoms with Crippen molar-refractivity contribution in [2.24, 2.45) is 0 Å². The molecule has 0 spiro atoms. The SMILES string of the molecule is CC1(C)OC(=O)N(c2ccccc2C(=O)Nc2cccc3cccnc23)[C@H]1c1ccccc1. The van der Waals surface area contributed by atoms with Gasteiger partial charge in [0.2, 0.25) is 0 Å². The van der Waals surface area contributed by atoms with Crippen LogP contribution in [-0.2, 0) is 4.74 Å². The molecular formula is C27H23N3O3. The molecule has 0 radical (unpaired) electrons. The first-order chi connectivity index (χ1) is 16.0. The fourth-order valence-electron chi connectivity index (χ4n) is 4.44. The number of fused-ring (bicyclic) bond motifs is 1. The number of nitrogens with zero attached hydrogens (tertiary/aromatic N) is 2. The number of ether oxygens (including phenoxy) is 1. The van der Waals surface area contributed by atoms with E-state index in [-0.39, 0.29) is 11.9 Å². The van der Waals surface area contributed by atoms with Crippen LogP contribution in [0.1, 0.15) is 35.8 Å². The fourth-order valence-corrected chi connectivity index (χ4v) is 4.44. The summed E-state index contributed by atoms with van der Waals surface area (Å²) in [5, 5.41) is 3.90. The average molecular weight is 437 g/mol. The molecule has 33 heavy (non-hydrogen) atoms. The van der Waals surface area contributed by atoms with Gasteiger partial charge in [0.1, 0.15) is 11.6 Å². The van der Waals surface area contributed by atoms with Gasteiger partial charge < -0.3 is 10.1 Å². The summed E-state index contributed by atoms with van der Waals surface area (Å²) in [7, 11) is 0. The highest BCUT2D eigenvalue weighted by molar-refractivity contribution is 6.12. The third kappa shape index (κ3) is 3.69. The van der Waals surface area contributed by atoms with E-state index in [9.17, 15) is 9.59 Å². The van der Waals surface area contributed by atoms with Gasteiger partial charge in [-0.1, -0.05) is 60.7 Å². The fraction of sp³-hybridized carbons (Fsp3) is 0.148. The monoisotopic (exact) mass is 437 g/mol. The smallest absolute Gasteiger partial charge is 0.415 e. The Balaban J connectivity index is 1.56. The van der Waals surface area contributed by atoms with Crippen LogP contribution in [0.3, 0.4) is 0 Å². The van der Waals surface area contributed by atoms with Crippen molar-refractivity contribution in [2.75, 3.05) is 10.2 Å². The molecule has 164 valence electrons. The third-order valence-electron chi connectivity index (χ3n) is 5.87. The first-order valence-electron chi connectivity index (χ1n) is 10.8. The lowest BCUT2D eigenvalue weighted by atomic mass is 9.91. The van der Waals surface area contributed by atoms with Gasteiger partial charge in [0, 0.05) is 11.6 Å². The molecule has 1 aliphatic heterocycles. The lowest BCUT2D eigenvalue weighted by molar-refractivity contribution is 0.0685. The molecule has 6 nitrogen and oxygen atoms in total. The van der Waals surface area contributed by atoms with Gasteiger partial charge in [0.05, 0.1) is 22.5 Å². The maximum Gasteiger partial charge on any atom is 0.415 e. The van der Waals surface area contributed by atoms with Crippen LogP contribution in [0.25, 0.3) is 10.9 Å². The highest BCUT2D eigenvalue weighted by Gasteiger charge is 2.50. The molecule has 2 heterocycles. The van der Waals surface area contributed by atoms with Gasteiger partial charge in [-0.3, -0.25) is 14.7 Å². The number of cyclic esters (lactones) is 1. The standard InChI is InChI=1S/C27H23N3O3/c1-27(2)24(19-10-4-3-5-11-19)30(26(32)33-27)22-16-7-6-14-20(22)25(31)29-21-15-8-12-18-13-9-17-28-23(18)21/h3-17,24H,1-2H3,(H,29,31)/t24-/m0/s1. The van der Waals surface area contributed by atoms with E-state index in [2.05, 4.69) is 10.3 Å². The number of carbonyl (C=O) groups is 2. The molecule has 0 saturated carbocycles. The molecule has 1 aliphatic rings. The molecule has 1 saturated heterocycles. The zero-order valence-electron chi connectivity index (χ0n) is 18.4. The minimum atomic E-state index is -0.776. The topological polar surface area (TPSA) is 71.5 Å². The largest absolute Gasteiger partial charge is 0.441 e. The molecule has 4 aromatic rings. The summed E-state index contributed by atoms with van der Waals surface area (Å²) in [5.41, 5.74) is 2.34. The van der Waals surface area contributed by atoms with Crippen LogP contribution in [0.5, 0.6) is 0 Å². The predicted octanol–water partition coefficient (Wildman–Crippen LogP) is 5.96. The Morgan fingerprint density at radius 3 is 2.48 bits per heavy atom. The number of rotatable bonds is 4. The van der Waals surface area contributed by atoms with Crippen molar-refractivity contribution in [3.8, 4) is 0 Å². The number of hydrogen-bond acceptors (Lipinski definition) is 4. The molecular weight excluding hydrogens is 414 g/mol. The van der Waals surface area contributed by atoms with E-state index in [4.69, 9.17) is 4.74 Å². The van der Waals surface area contributed by atoms with Crippen molar-refractivity contribution in [1.82, 2.24) is 4.98 Å². The minimum absolute atomic E-state index is 0.326. The first kappa shape index (κ1) is 20.7. The average Bonchev–Trinajstić information content (AvgIpc) is 3.07. The Morgan fingerprint density at radius 1 is 0.939 bits per heavy atom. The van der Waals surface area contributed by atoms with Crippen molar-refractivity contribution in [3.63, 3.8) is 0 Å². The molecule has 0 bridgehead atoms. The van der Waals surface area contributed by atoms with E-state index in [1.54, 1.807) is 29.3 Å². The number of hydrogen-bond donors (Lipinski definition) is 1. The summed E-state index contributed by atoms with van der Waals surface area (Å²) in [4.78, 5) is 32.5. The molecule has 0 aliphatic carbocycles. The summed E-state index contributed by atoms with van der Waals surface area (Å²) in [5.74, 6) is -0.326. The van der Waals surface area contributed by atoms with E-state index in [1.165, 1.54) is 0 Å². The van der Waals surface area contributed by atoms with Crippen LogP contribution >= 0.6 is 0 Å². The van der Waals surface area contributed by atoms with Gasteiger partial charge in [0.25, 0.3) is 5.91 Å². The highest BCUT2D eigenvalue weighted by Crippen LogP contribution is 2.44. The number of pyridine rings is 1. The van der Waals surface area contributed by atoms with Crippen molar-refractivity contribution in [3.05, 3.63) is 102 Å². The van der Waals surface area contributed by atoms with Crippen LogP contribution in [0.2, 0.25) is 0 Å². The second-order valence-electron chi connectivity index (χ2n) is 8.51. The van der Waals surface area contributed by atoms with E-state index < -0.39 is 11.7 Å². The molecule has 1 N–H and O–H groups in total. The van der Waals surface area contributed by atoms with Crippen LogP contribution in [-0.4, -0.2) is 22.6 Å². The molecule has 1 atom stereocenters. The van der Waals surface area contributed by atoms with Crippen LogP contribution < -0.4 is 10.2 Å². The van der Waals surface area contributed by atoms with Gasteiger partial charge in [-0.15, -0.1) is 0 Å². The van der Waals surface area contributed by atoms with Crippen molar-refractivity contribution in [1.29, 1.82) is 0 Å². The molecule has 6 heteroatoms. The zero-order chi connectivity index (χ0) is 23.0. The summed E-state index contributed by atoms with van der Waals surface area (Å²) in [6.07, 6.45) is 1.21. The van der Waals surface area contributed by atoms with Gasteiger partial charge in [0.15, 0.2) is 0 Å². The summed E-state index contributed by atoms with van der Waals surface area (Å²) >= 11 is 0. The number of aromatic nitrogens is 1. The molecule has 3 aromatic carbocycles. The molecule has 1 fully saturated rings. The number of amides is 2. The second-order valence-corrected chi connectivity index (χ2v) is 8.51. The minimum Gasteiger partial charge on any atom is -0.441 e. The zero-order valence-corrected chi connectivity index (χ0v) is 18.4. The predicted molar refractivity (Wildman–Crippen MR) is 128 cm³/mol. The maximum atomic E-state index is 13.4. The molecule has 1 aromatic heterocycles. The normalized spacial score (nSPS) is 17.1. The quantitative estimate of drug-likeness (QED) is 0.427. The van der Waals surface area contributed by atoms with Crippen LogP contribution in [0.4, 0.5) is 16.2 Å². The van der Waals surface area contributed by atoms with E-state index in [0.29, 0.717) is 22.5 Å². The lowest BCUT2D eigenvalue weighted by Crippen LogP contribution is -2.35. The number of carbonyl (C=O) groups excluding carboxylic acids is 2.